The Kier molecular flexibility index (Phi) is 2.81. The number of aromatic nitrogens is 2. The van der Waals surface area contributed by atoms with Gasteiger partial charge in [0.05, 0.1) is 0 Å². The Morgan fingerprint density at radius 1 is 1.29 bits per heavy atom. The fourth-order valence-electron chi connectivity index (χ4n) is 2.14. The molecule has 0 radical (unpaired) electrons. The summed E-state index contributed by atoms with van der Waals surface area (Å²) in [6, 6.07) is 6.33. The monoisotopic (exact) mass is 246 g/mol. The molecule has 4 heteroatoms. The van der Waals surface area contributed by atoms with E-state index < -0.39 is 0 Å². The molecule has 0 atom stereocenters. The Labute approximate surface area is 105 Å². The van der Waals surface area contributed by atoms with E-state index in [1.54, 1.807) is 0 Å². The van der Waals surface area contributed by atoms with Gasteiger partial charge in [-0.25, -0.2) is 0 Å². The molecule has 0 saturated heterocycles. The third-order valence-electron chi connectivity index (χ3n) is 3.04. The van der Waals surface area contributed by atoms with Crippen molar-refractivity contribution >= 4 is 11.5 Å². The fraction of sp³-hybridized carbons (Fsp3) is 0.385. The Bertz CT molecular complexity index is 536. The van der Waals surface area contributed by atoms with Crippen LogP contribution in [-0.2, 0) is 19.3 Å². The normalized spacial score (nSPS) is 13.7. The van der Waals surface area contributed by atoms with Crippen LogP contribution in [0.15, 0.2) is 18.2 Å². The Morgan fingerprint density at radius 3 is 3.00 bits per heavy atom. The number of ether oxygens (including phenoxy) is 1. The number of aryl methyl sites for hydroxylation is 3. The quantitative estimate of drug-likeness (QED) is 0.832. The first kappa shape index (κ1) is 10.7. The summed E-state index contributed by atoms with van der Waals surface area (Å²) in [4.78, 5) is 4.30. The highest BCUT2D eigenvalue weighted by Gasteiger charge is 2.12. The van der Waals surface area contributed by atoms with Crippen LogP contribution in [0.4, 0.5) is 0 Å². The van der Waals surface area contributed by atoms with Crippen LogP contribution in [0.2, 0.25) is 0 Å². The number of hydrogen-bond donors (Lipinski definition) is 0. The average Bonchev–Trinajstić information content (AvgIpc) is 2.96. The SMILES string of the molecule is CCc1nsc(Oc2ccc3c(c2)CCC3)n1. The van der Waals surface area contributed by atoms with Crippen LogP contribution in [-0.4, -0.2) is 9.36 Å². The molecule has 1 aromatic carbocycles. The molecule has 17 heavy (non-hydrogen) atoms. The number of rotatable bonds is 3. The predicted octanol–water partition coefficient (Wildman–Crippen LogP) is 3.38. The summed E-state index contributed by atoms with van der Waals surface area (Å²) >= 11 is 1.32. The molecule has 0 amide bonds. The van der Waals surface area contributed by atoms with Crippen molar-refractivity contribution in [3.63, 3.8) is 0 Å². The van der Waals surface area contributed by atoms with Crippen molar-refractivity contribution in [2.45, 2.75) is 32.6 Å². The van der Waals surface area contributed by atoms with Gasteiger partial charge in [-0.1, -0.05) is 13.0 Å². The molecule has 1 aliphatic rings. The van der Waals surface area contributed by atoms with E-state index in [0.717, 1.165) is 18.0 Å². The van der Waals surface area contributed by atoms with E-state index in [9.17, 15) is 0 Å². The van der Waals surface area contributed by atoms with Gasteiger partial charge in [-0.05, 0) is 42.5 Å². The first-order valence-corrected chi connectivity index (χ1v) is 6.74. The summed E-state index contributed by atoms with van der Waals surface area (Å²) in [5.74, 6) is 1.73. The van der Waals surface area contributed by atoms with Gasteiger partial charge in [0.1, 0.15) is 11.6 Å². The van der Waals surface area contributed by atoms with Crippen molar-refractivity contribution in [3.05, 3.63) is 35.2 Å². The number of hydrogen-bond acceptors (Lipinski definition) is 4. The second-order valence-corrected chi connectivity index (χ2v) is 4.93. The molecular formula is C13H14N2OS. The van der Waals surface area contributed by atoms with Gasteiger partial charge in [0.25, 0.3) is 5.19 Å². The zero-order valence-corrected chi connectivity index (χ0v) is 10.6. The van der Waals surface area contributed by atoms with Gasteiger partial charge >= 0.3 is 0 Å². The molecular weight excluding hydrogens is 232 g/mol. The Hall–Kier alpha value is -1.42. The van der Waals surface area contributed by atoms with Gasteiger partial charge < -0.3 is 4.74 Å². The standard InChI is InChI=1S/C13H14N2OS/c1-2-12-14-13(17-15-12)16-11-7-6-9-4-3-5-10(9)8-11/h6-8H,2-5H2,1H3. The first-order chi connectivity index (χ1) is 8.35. The number of nitrogens with zero attached hydrogens (tertiary/aromatic N) is 2. The summed E-state index contributed by atoms with van der Waals surface area (Å²) < 4.78 is 9.94. The second kappa shape index (κ2) is 4.45. The molecule has 3 rings (SSSR count). The third kappa shape index (κ3) is 2.17. The molecule has 88 valence electrons. The molecule has 0 aliphatic heterocycles. The van der Waals surface area contributed by atoms with E-state index in [2.05, 4.69) is 21.5 Å². The molecule has 0 spiro atoms. The maximum Gasteiger partial charge on any atom is 0.298 e. The molecule has 3 nitrogen and oxygen atoms in total. The van der Waals surface area contributed by atoms with E-state index in [1.807, 2.05) is 13.0 Å². The van der Waals surface area contributed by atoms with Crippen LogP contribution in [0.1, 0.15) is 30.3 Å². The molecule has 0 bridgehead atoms. The fourth-order valence-corrected chi connectivity index (χ4v) is 2.77. The summed E-state index contributed by atoms with van der Waals surface area (Å²) in [6.07, 6.45) is 4.49. The van der Waals surface area contributed by atoms with Gasteiger partial charge in [-0.2, -0.15) is 9.36 Å². The van der Waals surface area contributed by atoms with E-state index in [-0.39, 0.29) is 0 Å². The summed E-state index contributed by atoms with van der Waals surface area (Å²) in [6.45, 7) is 2.04. The van der Waals surface area contributed by atoms with Crippen LogP contribution in [0, 0.1) is 0 Å². The van der Waals surface area contributed by atoms with Crippen molar-refractivity contribution in [3.8, 4) is 10.9 Å². The minimum absolute atomic E-state index is 0.639. The van der Waals surface area contributed by atoms with Crippen molar-refractivity contribution in [1.82, 2.24) is 9.36 Å². The maximum absolute atomic E-state index is 5.73. The van der Waals surface area contributed by atoms with Crippen molar-refractivity contribution < 1.29 is 4.74 Å². The predicted molar refractivity (Wildman–Crippen MR) is 67.8 cm³/mol. The average molecular weight is 246 g/mol. The van der Waals surface area contributed by atoms with Crippen LogP contribution in [0.3, 0.4) is 0 Å². The lowest BCUT2D eigenvalue weighted by molar-refractivity contribution is 0.476. The van der Waals surface area contributed by atoms with Crippen molar-refractivity contribution in [2.24, 2.45) is 0 Å². The van der Waals surface area contributed by atoms with Gasteiger partial charge in [0.2, 0.25) is 0 Å². The molecule has 1 aromatic heterocycles. The highest BCUT2D eigenvalue weighted by Crippen LogP contribution is 2.29. The maximum atomic E-state index is 5.73. The minimum Gasteiger partial charge on any atom is -0.430 e. The largest absolute Gasteiger partial charge is 0.430 e. The number of benzene rings is 1. The van der Waals surface area contributed by atoms with Crippen molar-refractivity contribution in [1.29, 1.82) is 0 Å². The Morgan fingerprint density at radius 2 is 2.18 bits per heavy atom. The molecule has 0 saturated carbocycles. The van der Waals surface area contributed by atoms with Gasteiger partial charge in [0.15, 0.2) is 0 Å². The zero-order chi connectivity index (χ0) is 11.7. The molecule has 2 aromatic rings. The molecule has 1 aliphatic carbocycles. The lowest BCUT2D eigenvalue weighted by atomic mass is 10.1. The van der Waals surface area contributed by atoms with E-state index in [4.69, 9.17) is 4.74 Å². The summed E-state index contributed by atoms with van der Waals surface area (Å²) in [5, 5.41) is 0.639. The third-order valence-corrected chi connectivity index (χ3v) is 3.67. The molecule has 0 fully saturated rings. The molecule has 0 N–H and O–H groups in total. The van der Waals surface area contributed by atoms with E-state index >= 15 is 0 Å². The second-order valence-electron chi connectivity index (χ2n) is 4.22. The van der Waals surface area contributed by atoms with Gasteiger partial charge in [-0.15, -0.1) is 0 Å². The molecule has 0 unspecified atom stereocenters. The molecule has 1 heterocycles. The topological polar surface area (TPSA) is 35.0 Å². The minimum atomic E-state index is 0.639. The summed E-state index contributed by atoms with van der Waals surface area (Å²) in [5.41, 5.74) is 2.88. The van der Waals surface area contributed by atoms with Crippen LogP contribution in [0.25, 0.3) is 0 Å². The zero-order valence-electron chi connectivity index (χ0n) is 9.77. The Balaban J connectivity index is 1.80. The first-order valence-electron chi connectivity index (χ1n) is 5.97. The highest BCUT2D eigenvalue weighted by molar-refractivity contribution is 7.07. The van der Waals surface area contributed by atoms with Crippen LogP contribution >= 0.6 is 11.5 Å². The van der Waals surface area contributed by atoms with E-state index in [1.165, 1.54) is 41.9 Å². The lowest BCUT2D eigenvalue weighted by Gasteiger charge is -2.04. The van der Waals surface area contributed by atoms with E-state index in [0.29, 0.717) is 5.19 Å². The highest BCUT2D eigenvalue weighted by atomic mass is 32.1. The van der Waals surface area contributed by atoms with Gasteiger partial charge in [0, 0.05) is 18.0 Å². The lowest BCUT2D eigenvalue weighted by Crippen LogP contribution is -1.88. The smallest absolute Gasteiger partial charge is 0.298 e. The van der Waals surface area contributed by atoms with Crippen LogP contribution in [0.5, 0.6) is 10.9 Å². The summed E-state index contributed by atoms with van der Waals surface area (Å²) in [7, 11) is 0. The van der Waals surface area contributed by atoms with Crippen molar-refractivity contribution in [2.75, 3.05) is 0 Å². The van der Waals surface area contributed by atoms with Crippen LogP contribution < -0.4 is 4.74 Å². The van der Waals surface area contributed by atoms with Gasteiger partial charge in [-0.3, -0.25) is 0 Å². The number of fused-ring (bicyclic) bond motifs is 1.